The number of amidine groups is 1. The lowest BCUT2D eigenvalue weighted by Crippen LogP contribution is -2.36. The maximum atomic E-state index is 12.9. The van der Waals surface area contributed by atoms with E-state index in [4.69, 9.17) is 0 Å². The predicted octanol–water partition coefficient (Wildman–Crippen LogP) is 7.65. The van der Waals surface area contributed by atoms with Gasteiger partial charge in [0.25, 0.3) is 4.98 Å². The van der Waals surface area contributed by atoms with Crippen LogP contribution in [-0.2, 0) is 6.42 Å². The van der Waals surface area contributed by atoms with Gasteiger partial charge in [0.15, 0.2) is 5.82 Å². The Morgan fingerprint density at radius 1 is 1.13 bits per heavy atom. The average Bonchev–Trinajstić information content (AvgIpc) is 3.49. The molecule has 5 rings (SSSR count). The molecule has 1 N–H and O–H groups in total. The maximum Gasteiger partial charge on any atom is 0.573 e. The summed E-state index contributed by atoms with van der Waals surface area (Å²) in [7, 11) is 0. The Bertz CT molecular complexity index is 1700. The van der Waals surface area contributed by atoms with Gasteiger partial charge in [-0.3, -0.25) is 0 Å². The molecule has 3 aromatic carbocycles. The number of allylic oxidation sites excluding steroid dienone is 1. The fourth-order valence-corrected chi connectivity index (χ4v) is 5.79. The monoisotopic (exact) mass is 636 g/mol. The molecule has 1 aliphatic rings. The fourth-order valence-electron chi connectivity index (χ4n) is 4.86. The molecular formula is C32H33F3N7O2S+. The van der Waals surface area contributed by atoms with E-state index >= 15 is 0 Å². The van der Waals surface area contributed by atoms with Gasteiger partial charge in [0.05, 0.1) is 16.3 Å². The molecule has 1 saturated heterocycles. The lowest BCUT2D eigenvalue weighted by atomic mass is 10.0. The van der Waals surface area contributed by atoms with Crippen molar-refractivity contribution < 1.29 is 22.9 Å². The van der Waals surface area contributed by atoms with Crippen molar-refractivity contribution in [1.82, 2.24) is 20.2 Å². The van der Waals surface area contributed by atoms with E-state index in [1.54, 1.807) is 18.7 Å². The van der Waals surface area contributed by atoms with E-state index in [1.807, 2.05) is 30.3 Å². The number of alkyl halides is 3. The summed E-state index contributed by atoms with van der Waals surface area (Å²) >= 11 is 1.58. The van der Waals surface area contributed by atoms with Crippen LogP contribution in [0.5, 0.6) is 5.75 Å². The second-order valence-corrected chi connectivity index (χ2v) is 11.6. The first kappa shape index (κ1) is 31.8. The van der Waals surface area contributed by atoms with E-state index < -0.39 is 6.36 Å². The molecule has 0 radical (unpaired) electrons. The Labute approximate surface area is 263 Å². The first-order chi connectivity index (χ1) is 21.6. The number of hydrogen-bond acceptors (Lipinski definition) is 5. The third-order valence-corrected chi connectivity index (χ3v) is 7.92. The minimum Gasteiger partial charge on any atom is -0.406 e. The number of nitrogens with zero attached hydrogens (tertiary/aromatic N) is 6. The molecule has 9 nitrogen and oxygen atoms in total. The quantitative estimate of drug-likeness (QED) is 0.141. The summed E-state index contributed by atoms with van der Waals surface area (Å²) in [5.41, 5.74) is 9.06. The number of nitrogens with one attached hydrogen (secondary N) is 1. The molecule has 45 heavy (non-hydrogen) atoms. The van der Waals surface area contributed by atoms with Crippen molar-refractivity contribution in [2.24, 2.45) is 5.10 Å². The number of aryl methyl sites for hydroxylation is 2. The van der Waals surface area contributed by atoms with Crippen molar-refractivity contribution in [1.29, 1.82) is 0 Å². The van der Waals surface area contributed by atoms with Crippen LogP contribution in [0.4, 0.5) is 18.9 Å². The molecule has 1 aromatic heterocycles. The van der Waals surface area contributed by atoms with Gasteiger partial charge in [0.1, 0.15) is 17.2 Å². The molecule has 0 saturated carbocycles. The zero-order valence-corrected chi connectivity index (χ0v) is 25.9. The van der Waals surface area contributed by atoms with Crippen LogP contribution in [0.15, 0.2) is 83.9 Å². The zero-order chi connectivity index (χ0) is 32.0. The van der Waals surface area contributed by atoms with Crippen molar-refractivity contribution in [2.45, 2.75) is 46.4 Å². The third-order valence-electron chi connectivity index (χ3n) is 6.87. The minimum atomic E-state index is -4.75. The van der Waals surface area contributed by atoms with Crippen LogP contribution in [0.25, 0.3) is 23.2 Å². The highest BCUT2D eigenvalue weighted by atomic mass is 32.2. The molecule has 0 atom stereocenters. The average molecular weight is 637 g/mol. The molecule has 4 aromatic rings. The lowest BCUT2D eigenvalue weighted by molar-refractivity contribution is -0.605. The number of thioether (sulfide) groups is 1. The van der Waals surface area contributed by atoms with Gasteiger partial charge < -0.3 is 9.64 Å². The van der Waals surface area contributed by atoms with Crippen LogP contribution in [0.2, 0.25) is 0 Å². The first-order valence-electron chi connectivity index (χ1n) is 14.5. The summed E-state index contributed by atoms with van der Waals surface area (Å²) in [6, 6.07) is 19.2. The normalized spacial score (nSPS) is 14.9. The van der Waals surface area contributed by atoms with Gasteiger partial charge in [-0.25, -0.2) is 9.67 Å². The number of hydrazine groups is 1. The molecule has 0 spiro atoms. The Balaban J connectivity index is 1.24. The first-order valence-corrected chi connectivity index (χ1v) is 15.5. The highest BCUT2D eigenvalue weighted by Crippen LogP contribution is 2.30. The van der Waals surface area contributed by atoms with Crippen molar-refractivity contribution in [3.8, 4) is 22.8 Å². The van der Waals surface area contributed by atoms with E-state index in [1.165, 1.54) is 46.4 Å². The zero-order valence-electron chi connectivity index (χ0n) is 25.1. The molecule has 0 bridgehead atoms. The number of nitroso groups, excluding NO2 is 1. The maximum absolute atomic E-state index is 12.9. The smallest absolute Gasteiger partial charge is 0.406 e. The fraction of sp³-hybridized carbons (Fsp3) is 0.281. The molecule has 1 fully saturated rings. The number of halogens is 3. The summed E-state index contributed by atoms with van der Waals surface area (Å²) in [5.74, 6) is 1.03. The van der Waals surface area contributed by atoms with Gasteiger partial charge in [0.2, 0.25) is 5.17 Å². The van der Waals surface area contributed by atoms with E-state index in [-0.39, 0.29) is 5.75 Å². The van der Waals surface area contributed by atoms with Crippen LogP contribution in [0.3, 0.4) is 0 Å². The van der Waals surface area contributed by atoms with Gasteiger partial charge in [-0.2, -0.15) is 0 Å². The molecule has 13 heteroatoms. The van der Waals surface area contributed by atoms with Crippen molar-refractivity contribution in [3.05, 3.63) is 100 Å². The number of benzene rings is 3. The Kier molecular flexibility index (Phi) is 9.87. The summed E-state index contributed by atoms with van der Waals surface area (Å²) in [5, 5.41) is 9.47. The summed E-state index contributed by atoms with van der Waals surface area (Å²) in [6.07, 6.45) is 1.56. The third kappa shape index (κ3) is 8.50. The standard InChI is InChI=1S/C32H33F3N7O2S/c1-4-6-25-10-7-22(2)19-29(25)40-17-5-18-45-31(40)39-42(43)37-23(3)20-24-8-11-26(12-9-24)30-36-21-41(38-30)27-13-15-28(16-14-27)44-32(33,34)35/h7-16,19-21H,4-6,17-18H2,1-3H3,(H,37,43)/q+1/b39-31-. The predicted molar refractivity (Wildman–Crippen MR) is 171 cm³/mol. The number of rotatable bonds is 10. The Morgan fingerprint density at radius 2 is 1.89 bits per heavy atom. The largest absolute Gasteiger partial charge is 0.573 e. The molecule has 0 amide bonds. The van der Waals surface area contributed by atoms with Crippen molar-refractivity contribution >= 4 is 28.7 Å². The molecule has 0 unspecified atom stereocenters. The number of hydrazone groups is 1. The van der Waals surface area contributed by atoms with Crippen LogP contribution in [0, 0.1) is 11.8 Å². The Morgan fingerprint density at radius 3 is 2.60 bits per heavy atom. The lowest BCUT2D eigenvalue weighted by Gasteiger charge is -2.29. The van der Waals surface area contributed by atoms with Crippen LogP contribution >= 0.6 is 11.8 Å². The van der Waals surface area contributed by atoms with Crippen LogP contribution < -0.4 is 15.1 Å². The van der Waals surface area contributed by atoms with E-state index in [0.29, 0.717) is 27.4 Å². The molecule has 234 valence electrons. The number of anilines is 1. The molecule has 1 aliphatic heterocycles. The summed E-state index contributed by atoms with van der Waals surface area (Å²) in [6.45, 7) is 6.82. The van der Waals surface area contributed by atoms with E-state index in [2.05, 4.69) is 62.3 Å². The molecular weight excluding hydrogens is 603 g/mol. The van der Waals surface area contributed by atoms with Gasteiger partial charge >= 0.3 is 6.36 Å². The van der Waals surface area contributed by atoms with Gasteiger partial charge in [0, 0.05) is 23.5 Å². The van der Waals surface area contributed by atoms with Gasteiger partial charge in [-0.1, -0.05) is 66.9 Å². The Hall–Kier alpha value is -4.65. The van der Waals surface area contributed by atoms with Crippen molar-refractivity contribution in [3.63, 3.8) is 0 Å². The van der Waals surface area contributed by atoms with E-state index in [0.717, 1.165) is 48.4 Å². The second-order valence-electron chi connectivity index (χ2n) is 10.5. The topological polar surface area (TPSA) is 87.7 Å². The van der Waals surface area contributed by atoms with Crippen LogP contribution in [-0.4, -0.2) is 43.6 Å². The number of aromatic nitrogens is 3. The number of ether oxygens (including phenoxy) is 1. The van der Waals surface area contributed by atoms with Crippen molar-refractivity contribution in [2.75, 3.05) is 17.2 Å². The highest BCUT2D eigenvalue weighted by Gasteiger charge is 2.31. The number of hydrogen-bond donors (Lipinski definition) is 1. The highest BCUT2D eigenvalue weighted by molar-refractivity contribution is 8.14. The van der Waals surface area contributed by atoms with Gasteiger partial charge in [-0.05, 0) is 79.8 Å². The summed E-state index contributed by atoms with van der Waals surface area (Å²) in [4.78, 5) is 19.8. The molecule has 2 heterocycles. The SMILES string of the molecule is CCCc1ccc(C)cc1N1CCCS/C1=N\[N+](=O)N/C(C)=C/c1ccc(-c2ncn(-c3ccc(OC(F)(F)F)cc3)n2)cc1. The minimum absolute atomic E-state index is 0.314. The van der Waals surface area contributed by atoms with Crippen LogP contribution in [0.1, 0.15) is 43.4 Å². The summed E-state index contributed by atoms with van der Waals surface area (Å²) < 4.78 is 42.7. The van der Waals surface area contributed by atoms with E-state index in [9.17, 15) is 18.1 Å². The van der Waals surface area contributed by atoms with Gasteiger partial charge in [-0.15, -0.1) is 18.3 Å². The second kappa shape index (κ2) is 14.0. The molecule has 0 aliphatic carbocycles.